The number of rotatable bonds is 5. The van der Waals surface area contributed by atoms with E-state index in [2.05, 4.69) is 20.4 Å². The van der Waals surface area contributed by atoms with E-state index in [1.54, 1.807) is 0 Å². The minimum absolute atomic E-state index is 0.0682. The summed E-state index contributed by atoms with van der Waals surface area (Å²) >= 11 is 0. The fraction of sp³-hybridized carbons (Fsp3) is 0.478. The molecule has 0 atom stereocenters. The summed E-state index contributed by atoms with van der Waals surface area (Å²) in [5, 5.41) is 7.70. The molecule has 0 spiro atoms. The van der Waals surface area contributed by atoms with Crippen molar-refractivity contribution < 1.29 is 18.5 Å². The fourth-order valence-electron chi connectivity index (χ4n) is 4.27. The predicted molar refractivity (Wildman–Crippen MR) is 117 cm³/mol. The highest BCUT2D eigenvalue weighted by atomic mass is 16.5. The Kier molecular flexibility index (Phi) is 5.21. The summed E-state index contributed by atoms with van der Waals surface area (Å²) in [4.78, 5) is 34.1. The molecule has 0 bridgehead atoms. The Morgan fingerprint density at radius 1 is 1.12 bits per heavy atom. The Bertz CT molecular complexity index is 1180. The van der Waals surface area contributed by atoms with Crippen LogP contribution in [0.25, 0.3) is 22.4 Å². The Morgan fingerprint density at radius 3 is 2.53 bits per heavy atom. The van der Waals surface area contributed by atoms with E-state index in [1.807, 2.05) is 37.8 Å². The molecule has 1 saturated heterocycles. The zero-order valence-corrected chi connectivity index (χ0v) is 18.6. The fourth-order valence-corrected chi connectivity index (χ4v) is 4.27. The minimum Gasteiger partial charge on any atom is -0.466 e. The van der Waals surface area contributed by atoms with Crippen molar-refractivity contribution in [2.45, 2.75) is 39.7 Å². The average molecular weight is 438 g/mol. The summed E-state index contributed by atoms with van der Waals surface area (Å²) in [6, 6.07) is 4.08. The van der Waals surface area contributed by atoms with Crippen molar-refractivity contribution >= 4 is 22.9 Å². The van der Waals surface area contributed by atoms with Gasteiger partial charge in [0.2, 0.25) is 5.91 Å². The van der Waals surface area contributed by atoms with Gasteiger partial charge in [0.15, 0.2) is 0 Å². The molecule has 3 aromatic rings. The number of fused-ring (bicyclic) bond motifs is 1. The molecule has 1 N–H and O–H groups in total. The second kappa shape index (κ2) is 8.05. The summed E-state index contributed by atoms with van der Waals surface area (Å²) in [6.07, 6.45) is 2.16. The number of carbonyl (C=O) groups excluding carboxylic acids is 2. The molecular formula is C23H27N5O4. The Labute approximate surface area is 185 Å². The molecule has 5 rings (SSSR count). The SMILES string of the molecule is Cc1cc(-c2cc(C(=O)N3CCN(CC(=O)NC4CC4)CC3)c3c(C)noc3n2)c(C)o1. The molecule has 9 heteroatoms. The van der Waals surface area contributed by atoms with Crippen molar-refractivity contribution in [2.24, 2.45) is 0 Å². The molecule has 2 fully saturated rings. The molecule has 168 valence electrons. The molecule has 0 aromatic carbocycles. The Morgan fingerprint density at radius 2 is 1.88 bits per heavy atom. The monoisotopic (exact) mass is 437 g/mol. The Balaban J connectivity index is 1.36. The molecule has 32 heavy (non-hydrogen) atoms. The number of pyridine rings is 1. The van der Waals surface area contributed by atoms with Gasteiger partial charge in [0, 0.05) is 37.8 Å². The van der Waals surface area contributed by atoms with E-state index in [4.69, 9.17) is 8.94 Å². The van der Waals surface area contributed by atoms with Crippen LogP contribution < -0.4 is 5.32 Å². The van der Waals surface area contributed by atoms with Gasteiger partial charge < -0.3 is 19.2 Å². The van der Waals surface area contributed by atoms with E-state index >= 15 is 0 Å². The number of nitrogens with one attached hydrogen (secondary N) is 1. The van der Waals surface area contributed by atoms with Gasteiger partial charge in [-0.1, -0.05) is 5.16 Å². The van der Waals surface area contributed by atoms with Gasteiger partial charge >= 0.3 is 0 Å². The smallest absolute Gasteiger partial charge is 0.259 e. The number of hydrogen-bond donors (Lipinski definition) is 1. The van der Waals surface area contributed by atoms with E-state index in [0.717, 1.165) is 29.9 Å². The van der Waals surface area contributed by atoms with Crippen molar-refractivity contribution in [3.8, 4) is 11.3 Å². The van der Waals surface area contributed by atoms with E-state index in [-0.39, 0.29) is 11.8 Å². The minimum atomic E-state index is -0.0788. The first kappa shape index (κ1) is 20.7. The van der Waals surface area contributed by atoms with Gasteiger partial charge in [-0.05, 0) is 45.7 Å². The highest BCUT2D eigenvalue weighted by Gasteiger charge is 2.29. The van der Waals surface area contributed by atoms with Crippen LogP contribution >= 0.6 is 0 Å². The molecule has 1 aliphatic carbocycles. The highest BCUT2D eigenvalue weighted by Crippen LogP contribution is 2.31. The summed E-state index contributed by atoms with van der Waals surface area (Å²) in [7, 11) is 0. The van der Waals surface area contributed by atoms with Crippen LogP contribution in [0, 0.1) is 20.8 Å². The average Bonchev–Trinajstić information content (AvgIpc) is 3.40. The number of piperazine rings is 1. The lowest BCUT2D eigenvalue weighted by Gasteiger charge is -2.34. The first-order chi connectivity index (χ1) is 15.4. The van der Waals surface area contributed by atoms with Crippen LogP contribution in [-0.4, -0.2) is 70.5 Å². The molecule has 9 nitrogen and oxygen atoms in total. The van der Waals surface area contributed by atoms with Crippen molar-refractivity contribution in [1.29, 1.82) is 0 Å². The third kappa shape index (κ3) is 4.00. The van der Waals surface area contributed by atoms with Crippen molar-refractivity contribution in [3.63, 3.8) is 0 Å². The number of amides is 2. The molecule has 0 unspecified atom stereocenters. The predicted octanol–water partition coefficient (Wildman–Crippen LogP) is 2.44. The molecule has 1 saturated carbocycles. The van der Waals surface area contributed by atoms with Crippen LogP contribution in [0.2, 0.25) is 0 Å². The molecule has 1 aliphatic heterocycles. The van der Waals surface area contributed by atoms with Gasteiger partial charge in [-0.25, -0.2) is 4.98 Å². The van der Waals surface area contributed by atoms with E-state index in [1.165, 1.54) is 0 Å². The number of aryl methyl sites for hydroxylation is 3. The van der Waals surface area contributed by atoms with Crippen LogP contribution in [-0.2, 0) is 4.79 Å². The molecule has 4 heterocycles. The van der Waals surface area contributed by atoms with Crippen LogP contribution in [0.5, 0.6) is 0 Å². The summed E-state index contributed by atoms with van der Waals surface area (Å²) in [5.41, 5.74) is 2.97. The maximum Gasteiger partial charge on any atom is 0.259 e. The summed E-state index contributed by atoms with van der Waals surface area (Å²) < 4.78 is 11.1. The van der Waals surface area contributed by atoms with E-state index in [0.29, 0.717) is 66.8 Å². The molecule has 3 aromatic heterocycles. The second-order valence-electron chi connectivity index (χ2n) is 8.74. The molecular weight excluding hydrogens is 410 g/mol. The van der Waals surface area contributed by atoms with Gasteiger partial charge in [0.1, 0.15) is 11.5 Å². The van der Waals surface area contributed by atoms with Gasteiger partial charge in [-0.2, -0.15) is 0 Å². The van der Waals surface area contributed by atoms with Crippen molar-refractivity contribution in [3.05, 3.63) is 34.9 Å². The largest absolute Gasteiger partial charge is 0.466 e. The number of furan rings is 1. The summed E-state index contributed by atoms with van der Waals surface area (Å²) in [5.74, 6) is 1.51. The zero-order valence-electron chi connectivity index (χ0n) is 18.6. The van der Waals surface area contributed by atoms with Gasteiger partial charge in [-0.15, -0.1) is 0 Å². The second-order valence-corrected chi connectivity index (χ2v) is 8.74. The standard InChI is InChI=1S/C23H27N5O4/c1-13-10-17(15(3)31-13)19-11-18(21-14(2)26-32-22(21)25-19)23(30)28-8-6-27(7-9-28)12-20(29)24-16-4-5-16/h10-11,16H,4-9,12H2,1-3H3,(H,24,29). The topological polar surface area (TPSA) is 105 Å². The van der Waals surface area contributed by atoms with E-state index in [9.17, 15) is 9.59 Å². The zero-order chi connectivity index (χ0) is 22.4. The van der Waals surface area contributed by atoms with Crippen LogP contribution in [0.1, 0.15) is 40.4 Å². The van der Waals surface area contributed by atoms with Crippen LogP contribution in [0.15, 0.2) is 21.1 Å². The van der Waals surface area contributed by atoms with Crippen molar-refractivity contribution in [1.82, 2.24) is 25.3 Å². The molecule has 0 radical (unpaired) electrons. The lowest BCUT2D eigenvalue weighted by atomic mass is 10.0. The summed E-state index contributed by atoms with van der Waals surface area (Å²) in [6.45, 7) is 8.39. The van der Waals surface area contributed by atoms with Gasteiger partial charge in [0.05, 0.1) is 28.9 Å². The maximum atomic E-state index is 13.5. The van der Waals surface area contributed by atoms with Crippen LogP contribution in [0.3, 0.4) is 0 Å². The van der Waals surface area contributed by atoms with Gasteiger partial charge in [-0.3, -0.25) is 14.5 Å². The van der Waals surface area contributed by atoms with Crippen molar-refractivity contribution in [2.75, 3.05) is 32.7 Å². The van der Waals surface area contributed by atoms with E-state index < -0.39 is 0 Å². The normalized spacial score (nSPS) is 17.2. The number of aromatic nitrogens is 2. The first-order valence-electron chi connectivity index (χ1n) is 11.0. The third-order valence-corrected chi connectivity index (χ3v) is 6.13. The molecule has 2 aliphatic rings. The lowest BCUT2D eigenvalue weighted by Crippen LogP contribution is -2.51. The Hall–Kier alpha value is -3.20. The van der Waals surface area contributed by atoms with Gasteiger partial charge in [0.25, 0.3) is 11.6 Å². The lowest BCUT2D eigenvalue weighted by molar-refractivity contribution is -0.122. The first-order valence-corrected chi connectivity index (χ1v) is 11.0. The number of carbonyl (C=O) groups is 2. The molecule has 2 amide bonds. The highest BCUT2D eigenvalue weighted by molar-refractivity contribution is 6.07. The number of hydrogen-bond acceptors (Lipinski definition) is 7. The van der Waals surface area contributed by atoms with Crippen LogP contribution in [0.4, 0.5) is 0 Å². The maximum absolute atomic E-state index is 13.5. The third-order valence-electron chi connectivity index (χ3n) is 6.13. The number of nitrogens with zero attached hydrogens (tertiary/aromatic N) is 4. The quantitative estimate of drug-likeness (QED) is 0.654.